The molecule has 0 amide bonds. The molecule has 1 aliphatic carbocycles. The maximum Gasteiger partial charge on any atom is 0.138 e. The van der Waals surface area contributed by atoms with Crippen molar-refractivity contribution in [2.45, 2.75) is 78.4 Å². The van der Waals surface area contributed by atoms with Gasteiger partial charge in [0.25, 0.3) is 0 Å². The first-order valence-electron chi connectivity index (χ1n) is 8.17. The molecule has 5 atom stereocenters. The Kier molecular flexibility index (Phi) is 5.05. The van der Waals surface area contributed by atoms with Gasteiger partial charge in [0.05, 0.1) is 12.2 Å². The molecule has 0 N–H and O–H groups in total. The van der Waals surface area contributed by atoms with Crippen molar-refractivity contribution in [1.29, 1.82) is 0 Å². The summed E-state index contributed by atoms with van der Waals surface area (Å²) in [4.78, 5) is 12.1. The minimum atomic E-state index is 0.140. The Balaban J connectivity index is 2.11. The van der Waals surface area contributed by atoms with Gasteiger partial charge in [-0.25, -0.2) is 0 Å². The molecule has 1 saturated heterocycles. The fourth-order valence-electron chi connectivity index (χ4n) is 4.01. The van der Waals surface area contributed by atoms with Gasteiger partial charge in [-0.15, -0.1) is 0 Å². The van der Waals surface area contributed by atoms with Crippen LogP contribution in [0.4, 0.5) is 0 Å². The topological polar surface area (TPSA) is 26.3 Å². The van der Waals surface area contributed by atoms with Crippen LogP contribution in [0, 0.1) is 23.7 Å². The Bertz CT molecular complexity index is 310. The van der Waals surface area contributed by atoms with E-state index in [0.717, 1.165) is 18.3 Å². The second-order valence-electron chi connectivity index (χ2n) is 7.12. The lowest BCUT2D eigenvalue weighted by Crippen LogP contribution is -2.37. The first kappa shape index (κ1) is 15.0. The maximum atomic E-state index is 12.1. The predicted molar refractivity (Wildman–Crippen MR) is 78.0 cm³/mol. The van der Waals surface area contributed by atoms with Crippen LogP contribution in [0.25, 0.3) is 0 Å². The van der Waals surface area contributed by atoms with E-state index in [1.54, 1.807) is 0 Å². The van der Waals surface area contributed by atoms with E-state index in [1.807, 2.05) is 13.8 Å². The number of hydrogen-bond donors (Lipinski definition) is 0. The third-order valence-corrected chi connectivity index (χ3v) is 5.32. The summed E-state index contributed by atoms with van der Waals surface area (Å²) in [6.07, 6.45) is 7.53. The van der Waals surface area contributed by atoms with Gasteiger partial charge in [0, 0.05) is 12.3 Å². The number of ketones is 1. The molecular weight excluding hydrogens is 236 g/mol. The van der Waals surface area contributed by atoms with Gasteiger partial charge in [0.2, 0.25) is 0 Å². The fraction of sp³-hybridized carbons (Fsp3) is 0.941. The lowest BCUT2D eigenvalue weighted by Gasteiger charge is -2.39. The summed E-state index contributed by atoms with van der Waals surface area (Å²) in [6.45, 7) is 8.58. The molecule has 1 aliphatic heterocycles. The van der Waals surface area contributed by atoms with E-state index in [9.17, 15) is 4.79 Å². The van der Waals surface area contributed by atoms with E-state index in [2.05, 4.69) is 13.8 Å². The van der Waals surface area contributed by atoms with Gasteiger partial charge in [-0.2, -0.15) is 0 Å². The zero-order valence-corrected chi connectivity index (χ0v) is 13.0. The first-order chi connectivity index (χ1) is 8.99. The first-order valence-corrected chi connectivity index (χ1v) is 8.17. The Labute approximate surface area is 118 Å². The van der Waals surface area contributed by atoms with Crippen molar-refractivity contribution in [3.8, 4) is 0 Å². The van der Waals surface area contributed by atoms with E-state index in [0.29, 0.717) is 24.2 Å². The number of hydrogen-bond acceptors (Lipinski definition) is 2. The highest BCUT2D eigenvalue weighted by atomic mass is 16.5. The molecule has 1 saturated carbocycles. The lowest BCUT2D eigenvalue weighted by atomic mass is 9.68. The summed E-state index contributed by atoms with van der Waals surface area (Å²) in [7, 11) is 0. The predicted octanol–water partition coefficient (Wildman–Crippen LogP) is 4.22. The van der Waals surface area contributed by atoms with E-state index in [4.69, 9.17) is 4.74 Å². The van der Waals surface area contributed by atoms with Gasteiger partial charge in [0.1, 0.15) is 5.78 Å². The van der Waals surface area contributed by atoms with Crippen molar-refractivity contribution < 1.29 is 9.53 Å². The number of ether oxygens (including phenoxy) is 1. The molecule has 0 radical (unpaired) electrons. The fourth-order valence-corrected chi connectivity index (χ4v) is 4.01. The number of carbonyl (C=O) groups excluding carboxylic acids is 1. The summed E-state index contributed by atoms with van der Waals surface area (Å²) in [6, 6.07) is 0. The molecule has 0 spiro atoms. The van der Waals surface area contributed by atoms with Crippen LogP contribution < -0.4 is 0 Å². The molecule has 0 aromatic heterocycles. The number of Topliss-reactive ketones (excluding diaryl/α,β-unsaturated/α-hetero) is 1. The van der Waals surface area contributed by atoms with Crippen molar-refractivity contribution in [2.24, 2.45) is 23.7 Å². The number of fused-ring (bicyclic) bond motifs is 1. The standard InChI is InChI=1S/C17H30O2/c1-11(2)16(18)10-17-15-7-5-6-12(3)14(15)9-8-13(4)19-17/h11-15,17H,5-10H2,1-4H3. The molecule has 2 aliphatic rings. The molecule has 2 rings (SSSR count). The zero-order valence-electron chi connectivity index (χ0n) is 13.0. The van der Waals surface area contributed by atoms with Crippen molar-refractivity contribution in [3.63, 3.8) is 0 Å². The van der Waals surface area contributed by atoms with Crippen molar-refractivity contribution in [2.75, 3.05) is 0 Å². The molecule has 2 nitrogen and oxygen atoms in total. The van der Waals surface area contributed by atoms with E-state index in [1.165, 1.54) is 25.7 Å². The van der Waals surface area contributed by atoms with Gasteiger partial charge < -0.3 is 4.74 Å². The maximum absolute atomic E-state index is 12.1. The molecule has 19 heavy (non-hydrogen) atoms. The van der Waals surface area contributed by atoms with Crippen LogP contribution in [-0.4, -0.2) is 18.0 Å². The van der Waals surface area contributed by atoms with E-state index < -0.39 is 0 Å². The summed E-state index contributed by atoms with van der Waals surface area (Å²) in [5.74, 6) is 2.72. The Hall–Kier alpha value is -0.370. The molecule has 110 valence electrons. The Morgan fingerprint density at radius 3 is 2.53 bits per heavy atom. The molecule has 0 aromatic carbocycles. The van der Waals surface area contributed by atoms with Crippen molar-refractivity contribution in [3.05, 3.63) is 0 Å². The van der Waals surface area contributed by atoms with Crippen LogP contribution in [0.5, 0.6) is 0 Å². The third kappa shape index (κ3) is 3.59. The molecule has 0 aromatic rings. The number of carbonyl (C=O) groups is 1. The Morgan fingerprint density at radius 2 is 1.84 bits per heavy atom. The average molecular weight is 266 g/mol. The molecule has 2 heteroatoms. The van der Waals surface area contributed by atoms with Gasteiger partial charge in [-0.1, -0.05) is 33.6 Å². The van der Waals surface area contributed by atoms with Crippen molar-refractivity contribution >= 4 is 5.78 Å². The van der Waals surface area contributed by atoms with Crippen LogP contribution in [0.15, 0.2) is 0 Å². The van der Waals surface area contributed by atoms with Crippen LogP contribution in [0.2, 0.25) is 0 Å². The highest BCUT2D eigenvalue weighted by Gasteiger charge is 2.39. The Morgan fingerprint density at radius 1 is 1.11 bits per heavy atom. The lowest BCUT2D eigenvalue weighted by molar-refractivity contribution is -0.128. The van der Waals surface area contributed by atoms with E-state index >= 15 is 0 Å². The van der Waals surface area contributed by atoms with Crippen LogP contribution in [-0.2, 0) is 9.53 Å². The zero-order chi connectivity index (χ0) is 14.0. The van der Waals surface area contributed by atoms with E-state index in [-0.39, 0.29) is 12.0 Å². The monoisotopic (exact) mass is 266 g/mol. The summed E-state index contributed by atoms with van der Waals surface area (Å²) in [5.41, 5.74) is 0. The quantitative estimate of drug-likeness (QED) is 0.764. The minimum Gasteiger partial charge on any atom is -0.375 e. The molecule has 0 bridgehead atoms. The normalized spacial score (nSPS) is 39.7. The van der Waals surface area contributed by atoms with Crippen LogP contribution >= 0.6 is 0 Å². The van der Waals surface area contributed by atoms with Crippen LogP contribution in [0.3, 0.4) is 0 Å². The summed E-state index contributed by atoms with van der Waals surface area (Å²) < 4.78 is 6.23. The van der Waals surface area contributed by atoms with Crippen LogP contribution in [0.1, 0.15) is 66.2 Å². The highest BCUT2D eigenvalue weighted by molar-refractivity contribution is 5.80. The molecule has 1 heterocycles. The van der Waals surface area contributed by atoms with Gasteiger partial charge in [-0.3, -0.25) is 4.79 Å². The number of rotatable bonds is 3. The average Bonchev–Trinajstić information content (AvgIpc) is 2.50. The van der Waals surface area contributed by atoms with Gasteiger partial charge >= 0.3 is 0 Å². The highest BCUT2D eigenvalue weighted by Crippen LogP contribution is 2.43. The smallest absolute Gasteiger partial charge is 0.138 e. The van der Waals surface area contributed by atoms with Crippen molar-refractivity contribution in [1.82, 2.24) is 0 Å². The van der Waals surface area contributed by atoms with Gasteiger partial charge in [0.15, 0.2) is 0 Å². The molecular formula is C17H30O2. The minimum absolute atomic E-state index is 0.140. The summed E-state index contributed by atoms with van der Waals surface area (Å²) >= 11 is 0. The second-order valence-corrected chi connectivity index (χ2v) is 7.12. The largest absolute Gasteiger partial charge is 0.375 e. The third-order valence-electron chi connectivity index (χ3n) is 5.32. The molecule has 2 fully saturated rings. The van der Waals surface area contributed by atoms with Gasteiger partial charge in [-0.05, 0) is 43.9 Å². The molecule has 5 unspecified atom stereocenters. The SMILES string of the molecule is CC1CCC2C(C)CCCC2C(CC(=O)C(C)C)O1. The second kappa shape index (κ2) is 6.39. The summed E-state index contributed by atoms with van der Waals surface area (Å²) in [5, 5.41) is 0.